The molecular formula is C49H79O14P. The molecule has 14 nitrogen and oxygen atoms in total. The van der Waals surface area contributed by atoms with Crippen LogP contribution in [-0.2, 0) is 32.7 Å². The first kappa shape index (κ1) is 58.7. The van der Waals surface area contributed by atoms with E-state index >= 15 is 0 Å². The van der Waals surface area contributed by atoms with Gasteiger partial charge in [0.25, 0.3) is 0 Å². The van der Waals surface area contributed by atoms with Crippen molar-refractivity contribution < 1.29 is 68.2 Å². The fourth-order valence-electron chi connectivity index (χ4n) is 6.19. The normalized spacial score (nSPS) is 23.0. The third kappa shape index (κ3) is 30.0. The summed E-state index contributed by atoms with van der Waals surface area (Å²) in [4.78, 5) is 35.7. The van der Waals surface area contributed by atoms with Crippen LogP contribution in [0, 0.1) is 0 Å². The van der Waals surface area contributed by atoms with Gasteiger partial charge < -0.3 is 45.0 Å². The fraction of sp³-hybridized carbons (Fsp3) is 0.633. The number of carbonyl (C=O) groups excluding carboxylic acids is 2. The van der Waals surface area contributed by atoms with Crippen LogP contribution in [0.5, 0.6) is 0 Å². The number of ether oxygens (including phenoxy) is 2. The van der Waals surface area contributed by atoms with Crippen molar-refractivity contribution in [1.29, 1.82) is 0 Å². The maximum Gasteiger partial charge on any atom is 0.472 e. The van der Waals surface area contributed by atoms with E-state index in [-0.39, 0.29) is 18.9 Å². The summed E-state index contributed by atoms with van der Waals surface area (Å²) < 4.78 is 33.4. The van der Waals surface area contributed by atoms with E-state index in [1.807, 2.05) is 25.2 Å². The second kappa shape index (κ2) is 37.9. The Labute approximate surface area is 382 Å². The summed E-state index contributed by atoms with van der Waals surface area (Å²) in [5.74, 6) is -1.22. The Balaban J connectivity index is 2.53. The molecular weight excluding hydrogens is 843 g/mol. The Morgan fingerprint density at radius 2 is 0.984 bits per heavy atom. The molecule has 0 aromatic carbocycles. The van der Waals surface area contributed by atoms with Gasteiger partial charge in [0.15, 0.2) is 6.10 Å². The molecule has 0 amide bonds. The third-order valence-corrected chi connectivity index (χ3v) is 11.1. The van der Waals surface area contributed by atoms with E-state index in [2.05, 4.69) is 85.9 Å². The minimum atomic E-state index is -5.15. The van der Waals surface area contributed by atoms with Gasteiger partial charge in [-0.15, -0.1) is 0 Å². The predicted octanol–water partition coefficient (Wildman–Crippen LogP) is 8.02. The zero-order valence-electron chi connectivity index (χ0n) is 38.1. The van der Waals surface area contributed by atoms with E-state index in [9.17, 15) is 49.7 Å². The standard InChI is InChI=1S/C49H79O14P/c1-3-5-6-7-8-9-10-11-12-13-14-18-21-24-27-30-33-36-42(51)60-38-41(39-61-64(58,59)63-49-47(56)45(54)44(53)46(55)48(49)57)62-43(52)37-34-31-28-25-22-19-16-15-17-20-23-26-29-32-35-40(50)4-2/h5-6,8-9,11-12,14,16-20,25-26,28-29,40-41,44-50,53-57H,3-4,7,10,13,15,21-24,27,30-39H2,1-2H3,(H,58,59)/b6-5-,9-8-,12-11-,18-14-,19-16-,20-17-,28-25-,29-26-/t40-,41-,44?,45-,46+,47-,48-,49?/m1/s1. The van der Waals surface area contributed by atoms with Crippen LogP contribution in [0.25, 0.3) is 0 Å². The molecule has 1 aliphatic carbocycles. The van der Waals surface area contributed by atoms with E-state index in [1.54, 1.807) is 0 Å². The van der Waals surface area contributed by atoms with Gasteiger partial charge in [-0.05, 0) is 96.3 Å². The van der Waals surface area contributed by atoms with Crippen LogP contribution in [0.4, 0.5) is 0 Å². The molecule has 7 N–H and O–H groups in total. The highest BCUT2D eigenvalue weighted by atomic mass is 31.2. The Morgan fingerprint density at radius 3 is 1.50 bits per heavy atom. The fourth-order valence-corrected chi connectivity index (χ4v) is 7.16. The average Bonchev–Trinajstić information content (AvgIpc) is 3.28. The highest BCUT2D eigenvalue weighted by Crippen LogP contribution is 2.47. The minimum absolute atomic E-state index is 0.00415. The number of aliphatic hydroxyl groups excluding tert-OH is 6. The zero-order valence-corrected chi connectivity index (χ0v) is 39.0. The highest BCUT2D eigenvalue weighted by Gasteiger charge is 2.51. The number of esters is 2. The van der Waals surface area contributed by atoms with Gasteiger partial charge >= 0.3 is 19.8 Å². The second-order valence-corrected chi connectivity index (χ2v) is 17.1. The molecule has 0 spiro atoms. The van der Waals surface area contributed by atoms with Gasteiger partial charge in [-0.2, -0.15) is 0 Å². The summed E-state index contributed by atoms with van der Waals surface area (Å²) in [6.45, 7) is 2.82. The molecule has 1 fully saturated rings. The molecule has 1 saturated carbocycles. The molecule has 0 aromatic rings. The van der Waals surface area contributed by atoms with Crippen molar-refractivity contribution in [2.24, 2.45) is 0 Å². The van der Waals surface area contributed by atoms with Crippen molar-refractivity contribution >= 4 is 19.8 Å². The molecule has 64 heavy (non-hydrogen) atoms. The van der Waals surface area contributed by atoms with E-state index in [0.29, 0.717) is 19.3 Å². The summed E-state index contributed by atoms with van der Waals surface area (Å²) in [5, 5.41) is 59.7. The van der Waals surface area contributed by atoms with Crippen LogP contribution in [-0.4, -0.2) is 110 Å². The van der Waals surface area contributed by atoms with Gasteiger partial charge in [-0.25, -0.2) is 4.57 Å². The molecule has 0 radical (unpaired) electrons. The number of unbranched alkanes of at least 4 members (excludes halogenated alkanes) is 5. The largest absolute Gasteiger partial charge is 0.472 e. The van der Waals surface area contributed by atoms with Crippen molar-refractivity contribution in [1.82, 2.24) is 0 Å². The Morgan fingerprint density at radius 1 is 0.547 bits per heavy atom. The van der Waals surface area contributed by atoms with Gasteiger partial charge in [0, 0.05) is 12.8 Å². The maximum absolute atomic E-state index is 12.8. The zero-order chi connectivity index (χ0) is 47.3. The number of rotatable bonds is 36. The molecule has 0 saturated heterocycles. The summed E-state index contributed by atoms with van der Waals surface area (Å²) in [5.41, 5.74) is 0. The molecule has 0 bridgehead atoms. The molecule has 3 unspecified atom stereocenters. The van der Waals surface area contributed by atoms with Crippen molar-refractivity contribution in [3.8, 4) is 0 Å². The van der Waals surface area contributed by atoms with Crippen molar-refractivity contribution in [3.05, 3.63) is 97.2 Å². The van der Waals surface area contributed by atoms with Crippen molar-refractivity contribution in [2.75, 3.05) is 13.2 Å². The number of hydrogen-bond donors (Lipinski definition) is 7. The second-order valence-electron chi connectivity index (χ2n) is 15.7. The van der Waals surface area contributed by atoms with E-state index in [1.165, 1.54) is 0 Å². The summed E-state index contributed by atoms with van der Waals surface area (Å²) in [7, 11) is -5.15. The van der Waals surface area contributed by atoms with Crippen LogP contribution in [0.1, 0.15) is 136 Å². The molecule has 0 heterocycles. The average molecular weight is 923 g/mol. The lowest BCUT2D eigenvalue weighted by atomic mass is 9.85. The topological polar surface area (TPSA) is 230 Å². The van der Waals surface area contributed by atoms with Crippen LogP contribution >= 0.6 is 7.82 Å². The number of aliphatic hydroxyl groups is 6. The van der Waals surface area contributed by atoms with Gasteiger partial charge in [-0.1, -0.05) is 124 Å². The van der Waals surface area contributed by atoms with Gasteiger partial charge in [0.05, 0.1) is 12.7 Å². The lowest BCUT2D eigenvalue weighted by Crippen LogP contribution is -2.64. The monoisotopic (exact) mass is 923 g/mol. The van der Waals surface area contributed by atoms with Crippen LogP contribution in [0.2, 0.25) is 0 Å². The van der Waals surface area contributed by atoms with Crippen LogP contribution < -0.4 is 0 Å². The maximum atomic E-state index is 12.8. The quantitative estimate of drug-likeness (QED) is 0.0137. The molecule has 1 aliphatic rings. The number of hydrogen-bond acceptors (Lipinski definition) is 13. The number of phosphoric acid groups is 1. The molecule has 0 aliphatic heterocycles. The van der Waals surface area contributed by atoms with Gasteiger partial charge in [0.1, 0.15) is 43.2 Å². The van der Waals surface area contributed by atoms with Gasteiger partial charge in [0.2, 0.25) is 0 Å². The van der Waals surface area contributed by atoms with Gasteiger partial charge in [-0.3, -0.25) is 18.6 Å². The number of carbonyl (C=O) groups is 2. The Hall–Kier alpha value is -3.27. The Bertz CT molecular complexity index is 1500. The summed E-state index contributed by atoms with van der Waals surface area (Å²) >= 11 is 0. The molecule has 15 heteroatoms. The lowest BCUT2D eigenvalue weighted by molar-refractivity contribution is -0.220. The SMILES string of the molecule is CC/C=C\C/C=C\C/C=C\C/C=C\CCCCCCC(=O)OC[C@H](COP(=O)(O)OC1[C@H](O)[C@H](O)C(O)[C@H](O)[C@H]1O)OC(=O)CCC/C=C\C/C=C\C/C=C\C/C=C\CC[C@H](O)CC. The lowest BCUT2D eigenvalue weighted by Gasteiger charge is -2.41. The van der Waals surface area contributed by atoms with E-state index < -0.39 is 75.7 Å². The minimum Gasteiger partial charge on any atom is -0.462 e. The molecule has 0 aromatic heterocycles. The Kier molecular flexibility index (Phi) is 34.8. The number of allylic oxidation sites excluding steroid dienone is 16. The van der Waals surface area contributed by atoms with Crippen molar-refractivity contribution in [3.63, 3.8) is 0 Å². The third-order valence-electron chi connectivity index (χ3n) is 10.1. The van der Waals surface area contributed by atoms with Crippen molar-refractivity contribution in [2.45, 2.75) is 185 Å². The first-order valence-electron chi connectivity index (χ1n) is 23.1. The summed E-state index contributed by atoms with van der Waals surface area (Å²) in [6, 6.07) is 0. The first-order valence-corrected chi connectivity index (χ1v) is 24.6. The predicted molar refractivity (Wildman–Crippen MR) is 250 cm³/mol. The first-order chi connectivity index (χ1) is 30.8. The summed E-state index contributed by atoms with van der Waals surface area (Å²) in [6.07, 6.45) is 34.0. The molecule has 9 atom stereocenters. The molecule has 364 valence electrons. The van der Waals surface area contributed by atoms with E-state index in [4.69, 9.17) is 18.5 Å². The van der Waals surface area contributed by atoms with E-state index in [0.717, 1.165) is 89.9 Å². The smallest absolute Gasteiger partial charge is 0.462 e. The highest BCUT2D eigenvalue weighted by molar-refractivity contribution is 7.47. The van der Waals surface area contributed by atoms with Crippen LogP contribution in [0.15, 0.2) is 97.2 Å². The number of phosphoric ester groups is 1. The van der Waals surface area contributed by atoms with Crippen LogP contribution in [0.3, 0.4) is 0 Å². The molecule has 1 rings (SSSR count).